The van der Waals surface area contributed by atoms with Gasteiger partial charge in [0.25, 0.3) is 0 Å². The highest BCUT2D eigenvalue weighted by Crippen LogP contribution is 2.25. The molecular formula is C12H26N2. The second-order valence-corrected chi connectivity index (χ2v) is 5.10. The summed E-state index contributed by atoms with van der Waals surface area (Å²) in [6.07, 6.45) is 6.38. The van der Waals surface area contributed by atoms with Gasteiger partial charge in [-0.25, -0.2) is 0 Å². The van der Waals surface area contributed by atoms with Gasteiger partial charge in [0.05, 0.1) is 0 Å². The molecule has 0 aromatic rings. The first-order valence-electron chi connectivity index (χ1n) is 6.09. The van der Waals surface area contributed by atoms with Crippen molar-refractivity contribution in [1.82, 2.24) is 4.90 Å². The lowest BCUT2D eigenvalue weighted by molar-refractivity contribution is 0.119. The van der Waals surface area contributed by atoms with Crippen LogP contribution in [0.2, 0.25) is 0 Å². The lowest BCUT2D eigenvalue weighted by atomic mass is 9.89. The van der Waals surface area contributed by atoms with Gasteiger partial charge in [0, 0.05) is 11.6 Å². The van der Waals surface area contributed by atoms with Gasteiger partial charge in [-0.15, -0.1) is 0 Å². The van der Waals surface area contributed by atoms with E-state index in [-0.39, 0.29) is 5.54 Å². The van der Waals surface area contributed by atoms with Crippen molar-refractivity contribution < 1.29 is 0 Å². The molecule has 1 fully saturated rings. The third-order valence-electron chi connectivity index (χ3n) is 3.70. The maximum atomic E-state index is 6.28. The van der Waals surface area contributed by atoms with Crippen LogP contribution in [0.25, 0.3) is 0 Å². The molecule has 14 heavy (non-hydrogen) atoms. The van der Waals surface area contributed by atoms with Crippen LogP contribution in [0.1, 0.15) is 52.9 Å². The number of nitrogens with zero attached hydrogens (tertiary/aromatic N) is 1. The van der Waals surface area contributed by atoms with Gasteiger partial charge in [0.1, 0.15) is 0 Å². The predicted molar refractivity (Wildman–Crippen MR) is 62.4 cm³/mol. The van der Waals surface area contributed by atoms with Gasteiger partial charge < -0.3 is 5.73 Å². The zero-order valence-electron chi connectivity index (χ0n) is 10.1. The maximum Gasteiger partial charge on any atom is 0.0304 e. The molecule has 1 atom stereocenters. The molecule has 0 aromatic carbocycles. The van der Waals surface area contributed by atoms with E-state index in [1.54, 1.807) is 0 Å². The molecule has 0 spiro atoms. The standard InChI is InChI=1S/C12H26N2/c1-4-5-8-11(13)12(2,3)14-9-6-7-10-14/h11H,4-10,13H2,1-3H3. The summed E-state index contributed by atoms with van der Waals surface area (Å²) in [6.45, 7) is 9.33. The summed E-state index contributed by atoms with van der Waals surface area (Å²) in [5, 5.41) is 0. The highest BCUT2D eigenvalue weighted by molar-refractivity contribution is 4.93. The van der Waals surface area contributed by atoms with Crippen LogP contribution in [0.3, 0.4) is 0 Å². The SMILES string of the molecule is CCCCC(N)C(C)(C)N1CCCC1. The first-order valence-corrected chi connectivity index (χ1v) is 6.09. The Kier molecular flexibility index (Phi) is 4.39. The first kappa shape index (κ1) is 12.0. The first-order chi connectivity index (χ1) is 6.59. The van der Waals surface area contributed by atoms with Crippen molar-refractivity contribution in [2.45, 2.75) is 64.5 Å². The Morgan fingerprint density at radius 3 is 2.36 bits per heavy atom. The van der Waals surface area contributed by atoms with Crippen LogP contribution in [0.15, 0.2) is 0 Å². The summed E-state index contributed by atoms with van der Waals surface area (Å²) in [4.78, 5) is 2.56. The van der Waals surface area contributed by atoms with E-state index in [1.807, 2.05) is 0 Å². The van der Waals surface area contributed by atoms with E-state index in [0.717, 1.165) is 0 Å². The fourth-order valence-corrected chi connectivity index (χ4v) is 2.31. The van der Waals surface area contributed by atoms with E-state index in [9.17, 15) is 0 Å². The molecule has 2 N–H and O–H groups in total. The summed E-state index contributed by atoms with van der Waals surface area (Å²) >= 11 is 0. The molecule has 84 valence electrons. The summed E-state index contributed by atoms with van der Waals surface area (Å²) in [7, 11) is 0. The van der Waals surface area contributed by atoms with Crippen LogP contribution in [0.4, 0.5) is 0 Å². The molecule has 0 aliphatic carbocycles. The quantitative estimate of drug-likeness (QED) is 0.735. The Labute approximate surface area is 88.8 Å². The minimum absolute atomic E-state index is 0.200. The monoisotopic (exact) mass is 198 g/mol. The van der Waals surface area contributed by atoms with Crippen molar-refractivity contribution in [3.63, 3.8) is 0 Å². The molecule has 0 aromatic heterocycles. The number of nitrogens with two attached hydrogens (primary N) is 1. The number of rotatable bonds is 5. The van der Waals surface area contributed by atoms with Crippen molar-refractivity contribution in [2.24, 2.45) is 5.73 Å². The molecule has 1 unspecified atom stereocenters. The Balaban J connectivity index is 2.44. The molecule has 2 nitrogen and oxygen atoms in total. The number of likely N-dealkylation sites (tertiary alicyclic amines) is 1. The molecule has 1 aliphatic heterocycles. The maximum absolute atomic E-state index is 6.28. The van der Waals surface area contributed by atoms with Gasteiger partial charge in [-0.3, -0.25) is 4.90 Å². The zero-order valence-corrected chi connectivity index (χ0v) is 10.1. The lowest BCUT2D eigenvalue weighted by Crippen LogP contribution is -2.54. The predicted octanol–water partition coefficient (Wildman–Crippen LogP) is 2.38. The zero-order chi connectivity index (χ0) is 10.6. The van der Waals surface area contributed by atoms with Crippen LogP contribution in [-0.4, -0.2) is 29.6 Å². The lowest BCUT2D eigenvalue weighted by Gasteiger charge is -2.40. The van der Waals surface area contributed by atoms with E-state index in [0.29, 0.717) is 6.04 Å². The van der Waals surface area contributed by atoms with Crippen molar-refractivity contribution in [1.29, 1.82) is 0 Å². The topological polar surface area (TPSA) is 29.3 Å². The molecular weight excluding hydrogens is 172 g/mol. The third-order valence-corrected chi connectivity index (χ3v) is 3.70. The summed E-state index contributed by atoms with van der Waals surface area (Å²) in [5.74, 6) is 0. The van der Waals surface area contributed by atoms with Crippen LogP contribution in [0.5, 0.6) is 0 Å². The van der Waals surface area contributed by atoms with Crippen LogP contribution in [-0.2, 0) is 0 Å². The number of hydrogen-bond donors (Lipinski definition) is 1. The third kappa shape index (κ3) is 2.71. The summed E-state index contributed by atoms with van der Waals surface area (Å²) in [6, 6.07) is 0.334. The van der Waals surface area contributed by atoms with Gasteiger partial charge in [0.2, 0.25) is 0 Å². The molecule has 1 aliphatic rings. The number of unbranched alkanes of at least 4 members (excludes halogenated alkanes) is 1. The Bertz CT molecular complexity index is 160. The molecule has 1 heterocycles. The molecule has 1 saturated heterocycles. The van der Waals surface area contributed by atoms with Gasteiger partial charge in [0.15, 0.2) is 0 Å². The van der Waals surface area contributed by atoms with Gasteiger partial charge >= 0.3 is 0 Å². The molecule has 1 rings (SSSR count). The summed E-state index contributed by atoms with van der Waals surface area (Å²) in [5.41, 5.74) is 6.48. The second-order valence-electron chi connectivity index (χ2n) is 5.10. The van der Waals surface area contributed by atoms with Crippen molar-refractivity contribution in [2.75, 3.05) is 13.1 Å². The van der Waals surface area contributed by atoms with Gasteiger partial charge in [-0.2, -0.15) is 0 Å². The highest BCUT2D eigenvalue weighted by Gasteiger charge is 2.33. The average Bonchev–Trinajstić information content (AvgIpc) is 2.67. The van der Waals surface area contributed by atoms with E-state index in [4.69, 9.17) is 5.73 Å². The van der Waals surface area contributed by atoms with E-state index >= 15 is 0 Å². The smallest absolute Gasteiger partial charge is 0.0304 e. The normalized spacial score (nSPS) is 21.4. The minimum atomic E-state index is 0.200. The van der Waals surface area contributed by atoms with Crippen molar-refractivity contribution >= 4 is 0 Å². The van der Waals surface area contributed by atoms with Gasteiger partial charge in [-0.05, 0) is 46.2 Å². The van der Waals surface area contributed by atoms with Crippen LogP contribution >= 0.6 is 0 Å². The Morgan fingerprint density at radius 1 is 1.29 bits per heavy atom. The largest absolute Gasteiger partial charge is 0.326 e. The van der Waals surface area contributed by atoms with Gasteiger partial charge in [-0.1, -0.05) is 19.8 Å². The average molecular weight is 198 g/mol. The molecule has 0 amide bonds. The summed E-state index contributed by atoms with van der Waals surface area (Å²) < 4.78 is 0. The van der Waals surface area contributed by atoms with Crippen LogP contribution in [0, 0.1) is 0 Å². The van der Waals surface area contributed by atoms with E-state index < -0.39 is 0 Å². The van der Waals surface area contributed by atoms with Crippen LogP contribution < -0.4 is 5.73 Å². The van der Waals surface area contributed by atoms with Crippen molar-refractivity contribution in [3.8, 4) is 0 Å². The fraction of sp³-hybridized carbons (Fsp3) is 1.00. The molecule has 0 saturated carbocycles. The van der Waals surface area contributed by atoms with Crippen molar-refractivity contribution in [3.05, 3.63) is 0 Å². The van der Waals surface area contributed by atoms with E-state index in [1.165, 1.54) is 45.2 Å². The number of hydrogen-bond acceptors (Lipinski definition) is 2. The van der Waals surface area contributed by atoms with E-state index in [2.05, 4.69) is 25.7 Å². The Morgan fingerprint density at radius 2 is 1.86 bits per heavy atom. The second kappa shape index (κ2) is 5.13. The molecule has 0 radical (unpaired) electrons. The highest BCUT2D eigenvalue weighted by atomic mass is 15.2. The molecule has 0 bridgehead atoms. The fourth-order valence-electron chi connectivity index (χ4n) is 2.31. The minimum Gasteiger partial charge on any atom is -0.326 e. The molecule has 2 heteroatoms. The Hall–Kier alpha value is -0.0800.